The Balaban J connectivity index is 1.64. The van der Waals surface area contributed by atoms with Crippen LogP contribution in [-0.2, 0) is 15.0 Å². The van der Waals surface area contributed by atoms with Gasteiger partial charge < -0.3 is 19.7 Å². The SMILES string of the molecule is CC(NC(=O)c1ccco1)C(=O)N1CCC(C(=O)O)(c2ccccc2)CC1. The van der Waals surface area contributed by atoms with Gasteiger partial charge in [0, 0.05) is 13.1 Å². The lowest BCUT2D eigenvalue weighted by Gasteiger charge is -2.40. The van der Waals surface area contributed by atoms with Crippen molar-refractivity contribution in [1.82, 2.24) is 10.2 Å². The van der Waals surface area contributed by atoms with E-state index in [-0.39, 0.29) is 11.7 Å². The van der Waals surface area contributed by atoms with Crippen molar-refractivity contribution < 1.29 is 23.9 Å². The first kappa shape index (κ1) is 18.7. The fourth-order valence-electron chi connectivity index (χ4n) is 3.50. The van der Waals surface area contributed by atoms with E-state index >= 15 is 0 Å². The normalized spacial score (nSPS) is 17.1. The van der Waals surface area contributed by atoms with E-state index in [1.807, 2.05) is 30.3 Å². The van der Waals surface area contributed by atoms with Gasteiger partial charge >= 0.3 is 5.97 Å². The van der Waals surface area contributed by atoms with Crippen LogP contribution in [0.1, 0.15) is 35.9 Å². The van der Waals surface area contributed by atoms with Gasteiger partial charge in [-0.1, -0.05) is 30.3 Å². The second-order valence-electron chi connectivity index (χ2n) is 6.75. The van der Waals surface area contributed by atoms with Crippen LogP contribution in [0, 0.1) is 0 Å². The number of piperidine rings is 1. The van der Waals surface area contributed by atoms with Crippen molar-refractivity contribution in [3.8, 4) is 0 Å². The highest BCUT2D eigenvalue weighted by Gasteiger charge is 2.44. The molecule has 1 aliphatic rings. The second-order valence-corrected chi connectivity index (χ2v) is 6.75. The number of benzene rings is 1. The molecule has 7 nitrogen and oxygen atoms in total. The number of carbonyl (C=O) groups excluding carboxylic acids is 2. The zero-order chi connectivity index (χ0) is 19.4. The molecule has 1 aromatic carbocycles. The molecule has 0 aliphatic carbocycles. The van der Waals surface area contributed by atoms with E-state index in [9.17, 15) is 19.5 Å². The maximum absolute atomic E-state index is 12.7. The van der Waals surface area contributed by atoms with Crippen molar-refractivity contribution in [1.29, 1.82) is 0 Å². The van der Waals surface area contributed by atoms with Crippen LogP contribution in [0.2, 0.25) is 0 Å². The molecule has 0 bridgehead atoms. The third kappa shape index (κ3) is 3.72. The summed E-state index contributed by atoms with van der Waals surface area (Å²) in [5.74, 6) is -1.42. The number of amides is 2. The van der Waals surface area contributed by atoms with Crippen LogP contribution in [0.4, 0.5) is 0 Å². The van der Waals surface area contributed by atoms with E-state index in [1.54, 1.807) is 17.9 Å². The van der Waals surface area contributed by atoms with E-state index in [0.717, 1.165) is 5.56 Å². The topological polar surface area (TPSA) is 99.9 Å². The highest BCUT2D eigenvalue weighted by atomic mass is 16.4. The Morgan fingerprint density at radius 3 is 2.33 bits per heavy atom. The van der Waals surface area contributed by atoms with Gasteiger partial charge in [-0.2, -0.15) is 0 Å². The molecule has 1 aliphatic heterocycles. The fraction of sp³-hybridized carbons (Fsp3) is 0.350. The molecule has 142 valence electrons. The molecule has 1 atom stereocenters. The van der Waals surface area contributed by atoms with E-state index in [2.05, 4.69) is 5.32 Å². The Bertz CT molecular complexity index is 808. The number of nitrogens with one attached hydrogen (secondary N) is 1. The molecule has 3 rings (SSSR count). The van der Waals surface area contributed by atoms with Gasteiger partial charge in [0.05, 0.1) is 11.7 Å². The summed E-state index contributed by atoms with van der Waals surface area (Å²) in [5, 5.41) is 12.4. The second kappa shape index (κ2) is 7.65. The summed E-state index contributed by atoms with van der Waals surface area (Å²) >= 11 is 0. The molecular formula is C20H22N2O5. The Hall–Kier alpha value is -3.09. The predicted molar refractivity (Wildman–Crippen MR) is 97.2 cm³/mol. The van der Waals surface area contributed by atoms with E-state index in [1.165, 1.54) is 12.3 Å². The van der Waals surface area contributed by atoms with Gasteiger partial charge in [-0.25, -0.2) is 0 Å². The number of carbonyl (C=O) groups is 3. The molecule has 1 aromatic heterocycles. The molecule has 0 spiro atoms. The summed E-state index contributed by atoms with van der Waals surface area (Å²) in [7, 11) is 0. The molecule has 0 saturated carbocycles. The van der Waals surface area contributed by atoms with Gasteiger partial charge in [-0.3, -0.25) is 14.4 Å². The number of carboxylic acid groups (broad SMARTS) is 1. The Labute approximate surface area is 157 Å². The Morgan fingerprint density at radius 2 is 1.78 bits per heavy atom. The first-order valence-electron chi connectivity index (χ1n) is 8.86. The fourth-order valence-corrected chi connectivity index (χ4v) is 3.50. The zero-order valence-corrected chi connectivity index (χ0v) is 15.1. The monoisotopic (exact) mass is 370 g/mol. The summed E-state index contributed by atoms with van der Waals surface area (Å²) < 4.78 is 5.02. The van der Waals surface area contributed by atoms with Crippen LogP contribution in [0.5, 0.6) is 0 Å². The van der Waals surface area contributed by atoms with E-state index in [4.69, 9.17) is 4.42 Å². The van der Waals surface area contributed by atoms with Crippen LogP contribution < -0.4 is 5.32 Å². The Morgan fingerprint density at radius 1 is 1.11 bits per heavy atom. The molecule has 2 N–H and O–H groups in total. The first-order chi connectivity index (χ1) is 12.9. The highest BCUT2D eigenvalue weighted by molar-refractivity contribution is 5.95. The number of hydrogen-bond donors (Lipinski definition) is 2. The van der Waals surface area contributed by atoms with Crippen LogP contribution >= 0.6 is 0 Å². The molecule has 2 amide bonds. The van der Waals surface area contributed by atoms with Crippen molar-refractivity contribution in [3.63, 3.8) is 0 Å². The maximum atomic E-state index is 12.7. The molecule has 27 heavy (non-hydrogen) atoms. The molecule has 7 heteroatoms. The van der Waals surface area contributed by atoms with Crippen molar-refractivity contribution in [2.24, 2.45) is 0 Å². The number of furan rings is 1. The molecular weight excluding hydrogens is 348 g/mol. The summed E-state index contributed by atoms with van der Waals surface area (Å²) in [6.45, 7) is 2.25. The molecule has 1 unspecified atom stereocenters. The Kier molecular flexibility index (Phi) is 5.30. The molecule has 1 saturated heterocycles. The van der Waals surface area contributed by atoms with Crippen LogP contribution in [0.25, 0.3) is 0 Å². The lowest BCUT2D eigenvalue weighted by Crippen LogP contribution is -2.53. The first-order valence-corrected chi connectivity index (χ1v) is 8.86. The largest absolute Gasteiger partial charge is 0.481 e. The number of nitrogens with zero attached hydrogens (tertiary/aromatic N) is 1. The number of likely N-dealkylation sites (tertiary alicyclic amines) is 1. The van der Waals surface area contributed by atoms with E-state index in [0.29, 0.717) is 25.9 Å². The lowest BCUT2D eigenvalue weighted by atomic mass is 9.73. The van der Waals surface area contributed by atoms with Crippen LogP contribution in [0.15, 0.2) is 53.1 Å². The molecule has 0 radical (unpaired) electrons. The van der Waals surface area contributed by atoms with Gasteiger partial charge in [0.1, 0.15) is 6.04 Å². The van der Waals surface area contributed by atoms with Gasteiger partial charge in [0.2, 0.25) is 5.91 Å². The third-order valence-electron chi connectivity index (χ3n) is 5.13. The summed E-state index contributed by atoms with van der Waals surface area (Å²) in [6, 6.07) is 11.5. The minimum atomic E-state index is -0.987. The van der Waals surface area contributed by atoms with Crippen LogP contribution in [-0.4, -0.2) is 46.9 Å². The van der Waals surface area contributed by atoms with Gasteiger partial charge in [0.15, 0.2) is 5.76 Å². The maximum Gasteiger partial charge on any atom is 0.314 e. The summed E-state index contributed by atoms with van der Waals surface area (Å²) in [4.78, 5) is 38.3. The zero-order valence-electron chi connectivity index (χ0n) is 15.1. The summed E-state index contributed by atoms with van der Waals surface area (Å²) in [5.41, 5.74) is -0.234. The predicted octanol–water partition coefficient (Wildman–Crippen LogP) is 2.04. The molecule has 2 heterocycles. The summed E-state index contributed by atoms with van der Waals surface area (Å²) in [6.07, 6.45) is 2.05. The minimum Gasteiger partial charge on any atom is -0.481 e. The van der Waals surface area contributed by atoms with Gasteiger partial charge in [0.25, 0.3) is 5.91 Å². The van der Waals surface area contributed by atoms with Crippen molar-refractivity contribution >= 4 is 17.8 Å². The van der Waals surface area contributed by atoms with Crippen molar-refractivity contribution in [2.75, 3.05) is 13.1 Å². The molecule has 2 aromatic rings. The number of carboxylic acids is 1. The smallest absolute Gasteiger partial charge is 0.314 e. The minimum absolute atomic E-state index is 0.141. The van der Waals surface area contributed by atoms with Crippen molar-refractivity contribution in [3.05, 3.63) is 60.1 Å². The average Bonchev–Trinajstić information content (AvgIpc) is 3.23. The van der Waals surface area contributed by atoms with Gasteiger partial charge in [-0.05, 0) is 37.5 Å². The average molecular weight is 370 g/mol. The third-order valence-corrected chi connectivity index (χ3v) is 5.13. The number of rotatable bonds is 5. The van der Waals surface area contributed by atoms with Crippen LogP contribution in [0.3, 0.4) is 0 Å². The number of hydrogen-bond acceptors (Lipinski definition) is 4. The standard InChI is InChI=1S/C20H22N2O5/c1-14(21-17(23)16-8-5-13-27-16)18(24)22-11-9-20(10-12-22,19(25)26)15-6-3-2-4-7-15/h2-8,13-14H,9-12H2,1H3,(H,21,23)(H,25,26). The van der Waals surface area contributed by atoms with E-state index < -0.39 is 23.3 Å². The number of aliphatic carboxylic acids is 1. The molecule has 1 fully saturated rings. The quantitative estimate of drug-likeness (QED) is 0.839. The van der Waals surface area contributed by atoms with Crippen molar-refractivity contribution in [2.45, 2.75) is 31.2 Å². The lowest BCUT2D eigenvalue weighted by molar-refractivity contribution is -0.148. The highest BCUT2D eigenvalue weighted by Crippen LogP contribution is 2.36. The van der Waals surface area contributed by atoms with Gasteiger partial charge in [-0.15, -0.1) is 0 Å².